The highest BCUT2D eigenvalue weighted by molar-refractivity contribution is 7.92. The maximum absolute atomic E-state index is 12.4. The molecule has 0 amide bonds. The number of nitrogens with one attached hydrogen (secondary N) is 2. The summed E-state index contributed by atoms with van der Waals surface area (Å²) in [6.45, 7) is 0. The normalized spacial score (nSPS) is 12.2. The van der Waals surface area contributed by atoms with Crippen molar-refractivity contribution in [2.45, 2.75) is 10.9 Å². The predicted octanol–water partition coefficient (Wildman–Crippen LogP) is 2.18. The maximum Gasteiger partial charge on any atom is 0.322 e. The van der Waals surface area contributed by atoms with E-state index >= 15 is 0 Å². The standard InChI is InChI=1S/C19H19N3O8S/c1-27-17(23)15(18(24)28-2)16(14-4-3-10-29-14)21-12-5-7-13(8-6-12)31(25,26)22-19-20-9-11-30-19/h3-11,15-16,21H,1-2H3,(H,20,22)/t16-/m1/s1. The SMILES string of the molecule is COC(=O)C(C(=O)OC)[C@H](Nc1ccc(S(=O)(=O)Nc2ncco2)cc1)c1ccco1. The highest BCUT2D eigenvalue weighted by atomic mass is 32.2. The Hall–Kier alpha value is -3.80. The number of hydrogen-bond acceptors (Lipinski definition) is 10. The van der Waals surface area contributed by atoms with Crippen LogP contribution in [-0.2, 0) is 29.1 Å². The van der Waals surface area contributed by atoms with Crippen LogP contribution in [0.4, 0.5) is 11.7 Å². The van der Waals surface area contributed by atoms with Crippen LogP contribution in [0.5, 0.6) is 0 Å². The van der Waals surface area contributed by atoms with Crippen molar-refractivity contribution in [3.8, 4) is 0 Å². The van der Waals surface area contributed by atoms with E-state index in [1.54, 1.807) is 12.1 Å². The molecule has 0 unspecified atom stereocenters. The molecule has 0 aliphatic carbocycles. The molecule has 0 saturated heterocycles. The Balaban J connectivity index is 1.86. The van der Waals surface area contributed by atoms with Crippen molar-refractivity contribution in [3.05, 3.63) is 60.9 Å². The summed E-state index contributed by atoms with van der Waals surface area (Å²) >= 11 is 0. The van der Waals surface area contributed by atoms with Gasteiger partial charge in [-0.3, -0.25) is 9.59 Å². The van der Waals surface area contributed by atoms with Gasteiger partial charge in [0.05, 0.1) is 31.6 Å². The van der Waals surface area contributed by atoms with Gasteiger partial charge in [0.25, 0.3) is 10.0 Å². The molecular formula is C19H19N3O8S. The molecule has 0 aliphatic heterocycles. The minimum absolute atomic E-state index is 0.0525. The number of nitrogens with zero attached hydrogens (tertiary/aromatic N) is 1. The number of sulfonamides is 1. The molecular weight excluding hydrogens is 430 g/mol. The third kappa shape index (κ3) is 5.04. The van der Waals surface area contributed by atoms with Gasteiger partial charge < -0.3 is 23.6 Å². The fraction of sp³-hybridized carbons (Fsp3) is 0.211. The summed E-state index contributed by atoms with van der Waals surface area (Å²) < 4.78 is 46.8. The summed E-state index contributed by atoms with van der Waals surface area (Å²) in [5.41, 5.74) is 0.411. The van der Waals surface area contributed by atoms with Crippen molar-refractivity contribution in [1.29, 1.82) is 0 Å². The zero-order valence-corrected chi connectivity index (χ0v) is 17.3. The van der Waals surface area contributed by atoms with Crippen LogP contribution < -0.4 is 10.0 Å². The monoisotopic (exact) mass is 449 g/mol. The first-order valence-electron chi connectivity index (χ1n) is 8.83. The Bertz CT molecular complexity index is 1090. The van der Waals surface area contributed by atoms with Gasteiger partial charge in [0, 0.05) is 5.69 Å². The molecule has 1 aromatic carbocycles. The number of rotatable bonds is 9. The van der Waals surface area contributed by atoms with Crippen LogP contribution in [-0.4, -0.2) is 39.6 Å². The summed E-state index contributed by atoms with van der Waals surface area (Å²) in [7, 11) is -1.62. The lowest BCUT2D eigenvalue weighted by Crippen LogP contribution is -2.35. The molecule has 0 radical (unpaired) electrons. The predicted molar refractivity (Wildman–Crippen MR) is 106 cm³/mol. The molecule has 31 heavy (non-hydrogen) atoms. The molecule has 3 rings (SSSR count). The number of furan rings is 1. The first-order chi connectivity index (χ1) is 14.9. The summed E-state index contributed by atoms with van der Waals surface area (Å²) in [5.74, 6) is -2.73. The van der Waals surface area contributed by atoms with Gasteiger partial charge in [-0.2, -0.15) is 0 Å². The topological polar surface area (TPSA) is 150 Å². The number of ether oxygens (including phenoxy) is 2. The number of anilines is 2. The summed E-state index contributed by atoms with van der Waals surface area (Å²) in [6, 6.07) is 7.63. The van der Waals surface area contributed by atoms with Crippen molar-refractivity contribution in [2.75, 3.05) is 24.3 Å². The van der Waals surface area contributed by atoms with Crippen molar-refractivity contribution in [1.82, 2.24) is 4.98 Å². The van der Waals surface area contributed by atoms with Crippen LogP contribution in [0.1, 0.15) is 11.8 Å². The van der Waals surface area contributed by atoms with E-state index in [-0.39, 0.29) is 16.7 Å². The minimum Gasteiger partial charge on any atom is -0.468 e. The van der Waals surface area contributed by atoms with Gasteiger partial charge in [0.1, 0.15) is 18.1 Å². The smallest absolute Gasteiger partial charge is 0.322 e. The molecule has 0 fully saturated rings. The third-order valence-corrected chi connectivity index (χ3v) is 5.57. The van der Waals surface area contributed by atoms with E-state index in [2.05, 4.69) is 15.0 Å². The number of carbonyl (C=O) groups excluding carboxylic acids is 2. The molecule has 0 aliphatic rings. The summed E-state index contributed by atoms with van der Waals surface area (Å²) in [4.78, 5) is 28.2. The molecule has 0 saturated carbocycles. The van der Waals surface area contributed by atoms with Gasteiger partial charge in [-0.05, 0) is 36.4 Å². The van der Waals surface area contributed by atoms with Gasteiger partial charge in [0.2, 0.25) is 0 Å². The second-order valence-electron chi connectivity index (χ2n) is 6.13. The van der Waals surface area contributed by atoms with Gasteiger partial charge in [0.15, 0.2) is 5.92 Å². The zero-order valence-electron chi connectivity index (χ0n) is 16.5. The quantitative estimate of drug-likeness (QED) is 0.367. The van der Waals surface area contributed by atoms with Crippen LogP contribution in [0.15, 0.2) is 68.9 Å². The van der Waals surface area contributed by atoms with Crippen molar-refractivity contribution < 1.29 is 36.3 Å². The van der Waals surface area contributed by atoms with E-state index in [0.29, 0.717) is 5.69 Å². The molecule has 2 aromatic heterocycles. The van der Waals surface area contributed by atoms with Gasteiger partial charge in [-0.25, -0.2) is 18.1 Å². The molecule has 2 N–H and O–H groups in total. The minimum atomic E-state index is -3.92. The fourth-order valence-corrected chi connectivity index (χ4v) is 3.71. The molecule has 3 aromatic rings. The third-order valence-electron chi connectivity index (χ3n) is 4.23. The van der Waals surface area contributed by atoms with E-state index in [1.807, 2.05) is 0 Å². The highest BCUT2D eigenvalue weighted by Crippen LogP contribution is 2.30. The molecule has 1 atom stereocenters. The van der Waals surface area contributed by atoms with Gasteiger partial charge in [-0.15, -0.1) is 0 Å². The van der Waals surface area contributed by atoms with Crippen molar-refractivity contribution in [3.63, 3.8) is 0 Å². The Kier molecular flexibility index (Phi) is 6.60. The Labute approximate surface area is 177 Å². The second kappa shape index (κ2) is 9.34. The number of oxazole rings is 1. The number of aromatic nitrogens is 1. The average molecular weight is 449 g/mol. The Morgan fingerprint density at radius 3 is 2.19 bits per heavy atom. The largest absolute Gasteiger partial charge is 0.468 e. The number of benzene rings is 1. The fourth-order valence-electron chi connectivity index (χ4n) is 2.77. The second-order valence-corrected chi connectivity index (χ2v) is 7.81. The molecule has 11 nitrogen and oxygen atoms in total. The summed E-state index contributed by atoms with van der Waals surface area (Å²) in [6.07, 6.45) is 3.93. The Morgan fingerprint density at radius 2 is 1.68 bits per heavy atom. The molecule has 0 bridgehead atoms. The number of methoxy groups -OCH3 is 2. The average Bonchev–Trinajstić information content (AvgIpc) is 3.47. The van der Waals surface area contributed by atoms with Crippen LogP contribution in [0.3, 0.4) is 0 Å². The van der Waals surface area contributed by atoms with Gasteiger partial charge >= 0.3 is 18.0 Å². The number of esters is 2. The van der Waals surface area contributed by atoms with Crippen LogP contribution in [0.2, 0.25) is 0 Å². The van der Waals surface area contributed by atoms with Crippen LogP contribution >= 0.6 is 0 Å². The highest BCUT2D eigenvalue weighted by Gasteiger charge is 2.39. The first-order valence-corrected chi connectivity index (χ1v) is 10.3. The lowest BCUT2D eigenvalue weighted by atomic mass is 9.97. The Morgan fingerprint density at radius 1 is 1.00 bits per heavy atom. The van der Waals surface area contributed by atoms with Crippen molar-refractivity contribution in [2.24, 2.45) is 5.92 Å². The van der Waals surface area contributed by atoms with Crippen molar-refractivity contribution >= 4 is 33.7 Å². The maximum atomic E-state index is 12.4. The van der Waals surface area contributed by atoms with E-state index in [1.165, 1.54) is 43.0 Å². The summed E-state index contributed by atoms with van der Waals surface area (Å²) in [5, 5.41) is 2.99. The molecule has 0 spiro atoms. The molecule has 2 heterocycles. The lowest BCUT2D eigenvalue weighted by molar-refractivity contribution is -0.159. The van der Waals surface area contributed by atoms with E-state index in [9.17, 15) is 18.0 Å². The molecule has 164 valence electrons. The lowest BCUT2D eigenvalue weighted by Gasteiger charge is -2.24. The first kappa shape index (κ1) is 21.9. The van der Waals surface area contributed by atoms with E-state index in [0.717, 1.165) is 14.2 Å². The number of carbonyl (C=O) groups is 2. The zero-order chi connectivity index (χ0) is 22.4. The van der Waals surface area contributed by atoms with Crippen LogP contribution in [0, 0.1) is 5.92 Å². The van der Waals surface area contributed by atoms with E-state index in [4.69, 9.17) is 18.3 Å². The molecule has 12 heteroatoms. The number of hydrogen-bond donors (Lipinski definition) is 2. The van der Waals surface area contributed by atoms with E-state index < -0.39 is 33.9 Å². The van der Waals surface area contributed by atoms with Gasteiger partial charge in [-0.1, -0.05) is 0 Å². The van der Waals surface area contributed by atoms with Crippen LogP contribution in [0.25, 0.3) is 0 Å².